The zero-order valence-corrected chi connectivity index (χ0v) is 12.0. The molecule has 0 unspecified atom stereocenters. The number of benzene rings is 1. The van der Waals surface area contributed by atoms with Crippen LogP contribution in [-0.2, 0) is 13.6 Å². The minimum absolute atomic E-state index is 0.435. The molecule has 2 aromatic heterocycles. The molecule has 0 fully saturated rings. The van der Waals surface area contributed by atoms with Crippen LogP contribution in [0.2, 0.25) is 0 Å². The van der Waals surface area contributed by atoms with E-state index < -0.39 is 0 Å². The maximum Gasteiger partial charge on any atom is 0.0699 e. The topological polar surface area (TPSA) is 58.5 Å². The highest BCUT2D eigenvalue weighted by atomic mass is 15.3. The van der Waals surface area contributed by atoms with E-state index in [1.165, 1.54) is 5.56 Å². The van der Waals surface area contributed by atoms with Gasteiger partial charge in [-0.25, -0.2) is 0 Å². The van der Waals surface area contributed by atoms with E-state index in [0.29, 0.717) is 5.92 Å². The Labute approximate surface area is 118 Å². The Balaban J connectivity index is 1.78. The number of hydrogen-bond donors (Lipinski definition) is 2. The molecule has 0 spiro atoms. The number of nitrogens with zero attached hydrogens (tertiary/aromatic N) is 3. The molecule has 0 amide bonds. The Kier molecular flexibility index (Phi) is 3.18. The number of hydrogen-bond acceptors (Lipinski definition) is 3. The predicted octanol–water partition coefficient (Wildman–Crippen LogP) is 3.03. The monoisotopic (exact) mass is 269 g/mol. The van der Waals surface area contributed by atoms with E-state index in [-0.39, 0.29) is 0 Å². The standard InChI is InChI=1S/C15H19N5/c1-10(2)15-12(9-20(3)19-15)7-16-13-4-5-14-11(6-13)8-17-18-14/h4-6,8-10,16H,7H2,1-3H3,(H,17,18). The van der Waals surface area contributed by atoms with Crippen LogP contribution in [-0.4, -0.2) is 20.0 Å². The van der Waals surface area contributed by atoms with Crippen molar-refractivity contribution in [3.63, 3.8) is 0 Å². The molecule has 3 rings (SSSR count). The Bertz CT molecular complexity index is 723. The minimum atomic E-state index is 0.435. The zero-order valence-electron chi connectivity index (χ0n) is 12.0. The predicted molar refractivity (Wildman–Crippen MR) is 80.7 cm³/mol. The van der Waals surface area contributed by atoms with Crippen LogP contribution in [0.25, 0.3) is 10.9 Å². The van der Waals surface area contributed by atoms with Crippen molar-refractivity contribution in [1.82, 2.24) is 20.0 Å². The van der Waals surface area contributed by atoms with E-state index >= 15 is 0 Å². The fraction of sp³-hybridized carbons (Fsp3) is 0.333. The van der Waals surface area contributed by atoms with Crippen LogP contribution in [0.15, 0.2) is 30.6 Å². The first-order chi connectivity index (χ1) is 9.63. The van der Waals surface area contributed by atoms with Gasteiger partial charge in [-0.15, -0.1) is 0 Å². The highest BCUT2D eigenvalue weighted by Gasteiger charge is 2.11. The molecule has 20 heavy (non-hydrogen) atoms. The highest BCUT2D eigenvalue weighted by Crippen LogP contribution is 2.20. The van der Waals surface area contributed by atoms with E-state index in [1.807, 2.05) is 24.0 Å². The summed E-state index contributed by atoms with van der Waals surface area (Å²) in [5, 5.41) is 16.1. The van der Waals surface area contributed by atoms with Gasteiger partial charge in [0.05, 0.1) is 17.4 Å². The Morgan fingerprint density at radius 2 is 2.20 bits per heavy atom. The van der Waals surface area contributed by atoms with Gasteiger partial charge >= 0.3 is 0 Å². The summed E-state index contributed by atoms with van der Waals surface area (Å²) in [6, 6.07) is 6.20. The molecular weight excluding hydrogens is 250 g/mol. The van der Waals surface area contributed by atoms with Crippen LogP contribution >= 0.6 is 0 Å². The van der Waals surface area contributed by atoms with Crippen LogP contribution in [0.4, 0.5) is 5.69 Å². The van der Waals surface area contributed by atoms with Crippen molar-refractivity contribution in [2.24, 2.45) is 7.05 Å². The van der Waals surface area contributed by atoms with Gasteiger partial charge in [-0.2, -0.15) is 10.2 Å². The van der Waals surface area contributed by atoms with Crippen molar-refractivity contribution in [3.8, 4) is 0 Å². The lowest BCUT2D eigenvalue weighted by Crippen LogP contribution is -2.02. The molecule has 0 bridgehead atoms. The lowest BCUT2D eigenvalue weighted by Gasteiger charge is -2.08. The number of nitrogens with one attached hydrogen (secondary N) is 2. The summed E-state index contributed by atoms with van der Waals surface area (Å²) in [7, 11) is 1.97. The van der Waals surface area contributed by atoms with E-state index in [1.54, 1.807) is 0 Å². The van der Waals surface area contributed by atoms with Gasteiger partial charge in [0.1, 0.15) is 0 Å². The summed E-state index contributed by atoms with van der Waals surface area (Å²) in [4.78, 5) is 0. The fourth-order valence-corrected chi connectivity index (χ4v) is 2.43. The summed E-state index contributed by atoms with van der Waals surface area (Å²) in [6.07, 6.45) is 3.92. The maximum absolute atomic E-state index is 4.53. The van der Waals surface area contributed by atoms with Gasteiger partial charge in [0.25, 0.3) is 0 Å². The normalized spacial score (nSPS) is 11.4. The maximum atomic E-state index is 4.53. The van der Waals surface area contributed by atoms with Gasteiger partial charge in [0.2, 0.25) is 0 Å². The smallest absolute Gasteiger partial charge is 0.0699 e. The van der Waals surface area contributed by atoms with Crippen LogP contribution in [0.3, 0.4) is 0 Å². The first-order valence-corrected chi connectivity index (χ1v) is 6.83. The molecule has 0 aliphatic rings. The summed E-state index contributed by atoms with van der Waals surface area (Å²) < 4.78 is 1.88. The van der Waals surface area contributed by atoms with Crippen LogP contribution in [0, 0.1) is 0 Å². The van der Waals surface area contributed by atoms with Crippen molar-refractivity contribution in [1.29, 1.82) is 0 Å². The molecule has 5 heteroatoms. The van der Waals surface area contributed by atoms with E-state index in [2.05, 4.69) is 52.8 Å². The number of rotatable bonds is 4. The van der Waals surface area contributed by atoms with Crippen molar-refractivity contribution in [2.45, 2.75) is 26.3 Å². The number of aryl methyl sites for hydroxylation is 1. The summed E-state index contributed by atoms with van der Waals surface area (Å²) >= 11 is 0. The molecule has 2 heterocycles. The molecule has 0 saturated heterocycles. The minimum Gasteiger partial charge on any atom is -0.381 e. The Morgan fingerprint density at radius 1 is 1.35 bits per heavy atom. The Hall–Kier alpha value is -2.30. The molecule has 0 saturated carbocycles. The number of fused-ring (bicyclic) bond motifs is 1. The first kappa shape index (κ1) is 12.7. The summed E-state index contributed by atoms with van der Waals surface area (Å²) in [5.74, 6) is 0.435. The van der Waals surface area contributed by atoms with Gasteiger partial charge in [0, 0.05) is 36.4 Å². The highest BCUT2D eigenvalue weighted by molar-refractivity contribution is 5.81. The third kappa shape index (κ3) is 2.39. The molecule has 5 nitrogen and oxygen atoms in total. The third-order valence-electron chi connectivity index (χ3n) is 3.41. The molecule has 0 radical (unpaired) electrons. The number of H-pyrrole nitrogens is 1. The molecule has 0 aliphatic carbocycles. The zero-order chi connectivity index (χ0) is 14.1. The van der Waals surface area contributed by atoms with E-state index in [4.69, 9.17) is 0 Å². The molecule has 2 N–H and O–H groups in total. The quantitative estimate of drug-likeness (QED) is 0.765. The second-order valence-corrected chi connectivity index (χ2v) is 5.39. The largest absolute Gasteiger partial charge is 0.381 e. The number of aromatic nitrogens is 4. The van der Waals surface area contributed by atoms with Crippen molar-refractivity contribution >= 4 is 16.6 Å². The first-order valence-electron chi connectivity index (χ1n) is 6.83. The SMILES string of the molecule is CC(C)c1nn(C)cc1CNc1ccc2[nH]ncc2c1. The van der Waals surface area contributed by atoms with Gasteiger partial charge in [-0.1, -0.05) is 13.8 Å². The number of anilines is 1. The van der Waals surface area contributed by atoms with Crippen LogP contribution in [0.1, 0.15) is 31.0 Å². The fourth-order valence-electron chi connectivity index (χ4n) is 2.43. The lowest BCUT2D eigenvalue weighted by atomic mass is 10.1. The molecule has 3 aromatic rings. The summed E-state index contributed by atoms with van der Waals surface area (Å²) in [6.45, 7) is 5.12. The average Bonchev–Trinajstić information content (AvgIpc) is 3.01. The molecular formula is C15H19N5. The Morgan fingerprint density at radius 3 is 3.00 bits per heavy atom. The second-order valence-electron chi connectivity index (χ2n) is 5.39. The van der Waals surface area contributed by atoms with Crippen molar-refractivity contribution in [2.75, 3.05) is 5.32 Å². The van der Waals surface area contributed by atoms with Gasteiger partial charge in [0.15, 0.2) is 0 Å². The van der Waals surface area contributed by atoms with Crippen LogP contribution < -0.4 is 5.32 Å². The number of aromatic amines is 1. The van der Waals surface area contributed by atoms with E-state index in [0.717, 1.165) is 28.8 Å². The van der Waals surface area contributed by atoms with E-state index in [9.17, 15) is 0 Å². The lowest BCUT2D eigenvalue weighted by molar-refractivity contribution is 0.712. The van der Waals surface area contributed by atoms with Gasteiger partial charge in [-0.05, 0) is 24.1 Å². The molecule has 1 aromatic carbocycles. The van der Waals surface area contributed by atoms with Gasteiger partial charge < -0.3 is 5.32 Å². The third-order valence-corrected chi connectivity index (χ3v) is 3.41. The van der Waals surface area contributed by atoms with Gasteiger partial charge in [-0.3, -0.25) is 9.78 Å². The molecule has 0 aliphatic heterocycles. The van der Waals surface area contributed by atoms with Crippen molar-refractivity contribution in [3.05, 3.63) is 41.9 Å². The summed E-state index contributed by atoms with van der Waals surface area (Å²) in [5.41, 5.74) is 4.55. The molecule has 0 atom stereocenters. The van der Waals surface area contributed by atoms with Crippen molar-refractivity contribution < 1.29 is 0 Å². The average molecular weight is 269 g/mol. The second kappa shape index (κ2) is 5.00. The van der Waals surface area contributed by atoms with Crippen LogP contribution in [0.5, 0.6) is 0 Å². The molecule has 104 valence electrons.